The third-order valence-corrected chi connectivity index (χ3v) is 4.27. The van der Waals surface area contributed by atoms with Crippen molar-refractivity contribution in [1.82, 2.24) is 0 Å². The maximum Gasteiger partial charge on any atom is 0.173 e. The van der Waals surface area contributed by atoms with Crippen LogP contribution in [-0.2, 0) is 4.79 Å². The van der Waals surface area contributed by atoms with Crippen LogP contribution in [0.5, 0.6) is 0 Å². The fraction of sp³-hybridized carbons (Fsp3) is 0.250. The Morgan fingerprint density at radius 1 is 1.04 bits per heavy atom. The minimum absolute atomic E-state index is 0.339. The molecule has 0 heterocycles. The van der Waals surface area contributed by atoms with Gasteiger partial charge in [-0.05, 0) is 35.4 Å². The summed E-state index contributed by atoms with van der Waals surface area (Å²) in [5, 5.41) is 17.0. The van der Waals surface area contributed by atoms with Gasteiger partial charge in [-0.25, -0.2) is 8.78 Å². The Morgan fingerprint density at radius 2 is 1.48 bits per heavy atom. The molecule has 1 unspecified atom stereocenters. The van der Waals surface area contributed by atoms with Crippen LogP contribution in [0.3, 0.4) is 0 Å². The third kappa shape index (κ3) is 4.80. The zero-order chi connectivity index (χ0) is 20.0. The van der Waals surface area contributed by atoms with Crippen LogP contribution >= 0.6 is 0 Å². The highest BCUT2D eigenvalue weighted by Crippen LogP contribution is 2.29. The molecule has 27 heavy (non-hydrogen) atoms. The van der Waals surface area contributed by atoms with E-state index in [2.05, 4.69) is 0 Å². The Morgan fingerprint density at radius 3 is 1.85 bits per heavy atom. The number of carbonyl (C=O) groups excluding carboxylic acids is 1. The molecule has 0 amide bonds. The van der Waals surface area contributed by atoms with Gasteiger partial charge in [-0.1, -0.05) is 24.3 Å². The molecule has 0 aliphatic heterocycles. The number of ketones is 1. The average molecular weight is 373 g/mol. The van der Waals surface area contributed by atoms with E-state index in [0.717, 1.165) is 0 Å². The molecule has 3 N–H and O–H groups in total. The van der Waals surface area contributed by atoms with Crippen LogP contribution in [0.1, 0.15) is 23.5 Å². The molecule has 0 aliphatic rings. The maximum atomic E-state index is 13.3. The first-order chi connectivity index (χ1) is 12.9. The van der Waals surface area contributed by atoms with Gasteiger partial charge in [0.2, 0.25) is 0 Å². The Hall–Kier alpha value is -2.98. The van der Waals surface area contributed by atoms with Gasteiger partial charge in [0.1, 0.15) is 17.6 Å². The van der Waals surface area contributed by atoms with Crippen molar-refractivity contribution < 1.29 is 18.0 Å². The van der Waals surface area contributed by atoms with E-state index >= 15 is 0 Å². The Bertz CT molecular complexity index is 799. The van der Waals surface area contributed by atoms with Crippen molar-refractivity contribution in [3.63, 3.8) is 0 Å². The maximum absolute atomic E-state index is 13.3. The second-order valence-electron chi connectivity index (χ2n) is 6.04. The predicted octanol–water partition coefficient (Wildman–Crippen LogP) is 3.51. The van der Waals surface area contributed by atoms with Crippen LogP contribution in [0, 0.1) is 34.3 Å². The minimum atomic E-state index is -1.47. The molecule has 4 nitrogen and oxygen atoms in total. The molecular formula is C20H18F3N3O. The van der Waals surface area contributed by atoms with Gasteiger partial charge in [-0.15, -0.1) is 0 Å². The van der Waals surface area contributed by atoms with Crippen molar-refractivity contribution in [3.05, 3.63) is 71.3 Å². The zero-order valence-electron chi connectivity index (χ0n) is 14.3. The Kier molecular flexibility index (Phi) is 6.85. The highest BCUT2D eigenvalue weighted by molar-refractivity contribution is 6.08. The molecule has 0 aliphatic carbocycles. The summed E-state index contributed by atoms with van der Waals surface area (Å²) in [6.45, 7) is -0.862. The topological polar surface area (TPSA) is 90.7 Å². The van der Waals surface area contributed by atoms with Gasteiger partial charge in [0.15, 0.2) is 5.78 Å². The molecule has 0 radical (unpaired) electrons. The van der Waals surface area contributed by atoms with Crippen LogP contribution < -0.4 is 5.73 Å². The lowest BCUT2D eigenvalue weighted by Crippen LogP contribution is -2.43. The standard InChI is InChI=1S/C20H18F3N3O/c21-10-9-17(25)16(11-24)20(27)19(26)18(12-1-5-14(22)6-2-12)13-3-7-15(23)8-4-13/h1-8,16,18-19,25H,9-10,26H2/t16?,19-/m0/s1. The quantitative estimate of drug-likeness (QED) is 0.694. The largest absolute Gasteiger partial charge is 0.321 e. The number of Topliss-reactive ketones (excluding diaryl/α,β-unsaturated/α-hetero) is 1. The minimum Gasteiger partial charge on any atom is -0.321 e. The first-order valence-corrected chi connectivity index (χ1v) is 8.22. The number of rotatable bonds is 8. The molecule has 0 spiro atoms. The van der Waals surface area contributed by atoms with E-state index in [0.29, 0.717) is 11.1 Å². The predicted molar refractivity (Wildman–Crippen MR) is 95.0 cm³/mol. The lowest BCUT2D eigenvalue weighted by molar-refractivity contribution is -0.121. The SMILES string of the molecule is N#CC(C(=N)CCF)C(=O)[C@@H](N)C(c1ccc(F)cc1)c1ccc(F)cc1. The number of halogens is 3. The van der Waals surface area contributed by atoms with Crippen LogP contribution in [0.15, 0.2) is 48.5 Å². The summed E-state index contributed by atoms with van der Waals surface area (Å²) in [6, 6.07) is 11.1. The molecule has 140 valence electrons. The smallest absolute Gasteiger partial charge is 0.173 e. The van der Waals surface area contributed by atoms with E-state index in [1.54, 1.807) is 6.07 Å². The number of carbonyl (C=O) groups is 1. The number of nitriles is 1. The normalized spacial score (nSPS) is 13.0. The lowest BCUT2D eigenvalue weighted by atomic mass is 9.80. The molecular weight excluding hydrogens is 355 g/mol. The van der Waals surface area contributed by atoms with Crippen molar-refractivity contribution in [2.75, 3.05) is 6.67 Å². The van der Waals surface area contributed by atoms with Gasteiger partial charge in [0, 0.05) is 18.1 Å². The van der Waals surface area contributed by atoms with Crippen molar-refractivity contribution in [2.24, 2.45) is 11.7 Å². The van der Waals surface area contributed by atoms with Crippen LogP contribution in [0.2, 0.25) is 0 Å². The highest BCUT2D eigenvalue weighted by atomic mass is 19.1. The lowest BCUT2D eigenvalue weighted by Gasteiger charge is -2.25. The molecule has 2 rings (SSSR count). The summed E-state index contributed by atoms with van der Waals surface area (Å²) in [7, 11) is 0. The van der Waals surface area contributed by atoms with Gasteiger partial charge in [0.25, 0.3) is 0 Å². The van der Waals surface area contributed by atoms with E-state index in [1.165, 1.54) is 48.5 Å². The molecule has 7 heteroatoms. The second-order valence-corrected chi connectivity index (χ2v) is 6.04. The molecule has 2 atom stereocenters. The van der Waals surface area contributed by atoms with Crippen LogP contribution in [0.25, 0.3) is 0 Å². The number of benzene rings is 2. The van der Waals surface area contributed by atoms with Gasteiger partial charge in [0.05, 0.1) is 18.8 Å². The van der Waals surface area contributed by atoms with E-state index in [-0.39, 0.29) is 12.1 Å². The third-order valence-electron chi connectivity index (χ3n) is 4.27. The molecule has 0 aromatic heterocycles. The second kappa shape index (κ2) is 9.10. The molecule has 2 aromatic carbocycles. The van der Waals surface area contributed by atoms with E-state index in [1.807, 2.05) is 0 Å². The van der Waals surface area contributed by atoms with Crippen molar-refractivity contribution in [1.29, 1.82) is 10.7 Å². The van der Waals surface area contributed by atoms with E-state index < -0.39 is 42.0 Å². The average Bonchev–Trinajstić information content (AvgIpc) is 2.65. The van der Waals surface area contributed by atoms with Crippen molar-refractivity contribution in [2.45, 2.75) is 18.4 Å². The summed E-state index contributed by atoms with van der Waals surface area (Å²) in [4.78, 5) is 12.8. The summed E-state index contributed by atoms with van der Waals surface area (Å²) >= 11 is 0. The fourth-order valence-corrected chi connectivity index (χ4v) is 2.86. The summed E-state index contributed by atoms with van der Waals surface area (Å²) < 4.78 is 39.1. The van der Waals surface area contributed by atoms with Gasteiger partial charge >= 0.3 is 0 Å². The number of nitrogens with zero attached hydrogens (tertiary/aromatic N) is 1. The van der Waals surface area contributed by atoms with Gasteiger partial charge < -0.3 is 11.1 Å². The summed E-state index contributed by atoms with van der Waals surface area (Å²) in [5.74, 6) is -3.95. The Labute approximate surface area is 154 Å². The molecule has 0 bridgehead atoms. The van der Waals surface area contributed by atoms with Crippen LogP contribution in [0.4, 0.5) is 13.2 Å². The molecule has 2 aromatic rings. The van der Waals surface area contributed by atoms with E-state index in [9.17, 15) is 23.2 Å². The van der Waals surface area contributed by atoms with Gasteiger partial charge in [-0.3, -0.25) is 9.18 Å². The number of hydrogen-bond acceptors (Lipinski definition) is 4. The van der Waals surface area contributed by atoms with Crippen molar-refractivity contribution in [3.8, 4) is 6.07 Å². The molecule has 0 saturated heterocycles. The first-order valence-electron chi connectivity index (χ1n) is 8.22. The van der Waals surface area contributed by atoms with Gasteiger partial charge in [-0.2, -0.15) is 5.26 Å². The number of nitrogens with one attached hydrogen (secondary N) is 1. The molecule has 0 fully saturated rings. The molecule has 0 saturated carbocycles. The monoisotopic (exact) mass is 373 g/mol. The van der Waals surface area contributed by atoms with E-state index in [4.69, 9.17) is 11.1 Å². The zero-order valence-corrected chi connectivity index (χ0v) is 14.3. The first kappa shape index (κ1) is 20.3. The number of alkyl halides is 1. The Balaban J connectivity index is 2.44. The fourth-order valence-electron chi connectivity index (χ4n) is 2.86. The highest BCUT2D eigenvalue weighted by Gasteiger charge is 2.34. The van der Waals surface area contributed by atoms with Crippen molar-refractivity contribution >= 4 is 11.5 Å². The summed E-state index contributed by atoms with van der Waals surface area (Å²) in [6.07, 6.45) is -0.339. The van der Waals surface area contributed by atoms with Crippen LogP contribution in [-0.4, -0.2) is 24.2 Å². The number of nitrogens with two attached hydrogens (primary N) is 1. The summed E-state index contributed by atoms with van der Waals surface area (Å²) in [5.41, 5.74) is 6.78. The number of hydrogen-bond donors (Lipinski definition) is 2.